The molecule has 1 N–H and O–H groups in total. The van der Waals surface area contributed by atoms with Gasteiger partial charge in [0.05, 0.1) is 22.5 Å². The minimum absolute atomic E-state index is 0.0955. The Hall–Kier alpha value is -3.69. The largest absolute Gasteiger partial charge is 0.317 e. The van der Waals surface area contributed by atoms with Crippen molar-refractivity contribution in [1.29, 1.82) is 0 Å². The second-order valence-corrected chi connectivity index (χ2v) is 11.8. The van der Waals surface area contributed by atoms with E-state index in [1.54, 1.807) is 48.7 Å². The first-order chi connectivity index (χ1) is 18.1. The zero-order chi connectivity index (χ0) is 27.4. The van der Waals surface area contributed by atoms with E-state index in [1.807, 2.05) is 26.0 Å². The average molecular weight is 594 g/mol. The molecule has 0 spiro atoms. The Kier molecular flexibility index (Phi) is 8.18. The highest BCUT2D eigenvalue weighted by Gasteiger charge is 2.27. The molecule has 0 unspecified atom stereocenters. The van der Waals surface area contributed by atoms with Crippen molar-refractivity contribution in [2.24, 2.45) is 5.10 Å². The van der Waals surface area contributed by atoms with Crippen LogP contribution in [0.1, 0.15) is 28.1 Å². The summed E-state index contributed by atoms with van der Waals surface area (Å²) in [6, 6.07) is 23.0. The van der Waals surface area contributed by atoms with Gasteiger partial charge in [-0.15, -0.1) is 0 Å². The molecule has 0 aliphatic carbocycles. The lowest BCUT2D eigenvalue weighted by atomic mass is 10.1. The summed E-state index contributed by atoms with van der Waals surface area (Å²) in [6.07, 6.45) is 1.58. The minimum atomic E-state index is -3.99. The molecule has 1 amide bonds. The molecule has 0 aliphatic rings. The molecule has 1 heterocycles. The number of hydrazone groups is 1. The van der Waals surface area contributed by atoms with Crippen molar-refractivity contribution in [2.45, 2.75) is 32.6 Å². The molecular formula is C29H29BrN4O3S. The van der Waals surface area contributed by atoms with Crippen molar-refractivity contribution >= 4 is 43.8 Å². The summed E-state index contributed by atoms with van der Waals surface area (Å²) in [7, 11) is -3.99. The number of aryl methyl sites for hydroxylation is 3. The lowest BCUT2D eigenvalue weighted by Gasteiger charge is -2.23. The van der Waals surface area contributed by atoms with E-state index in [2.05, 4.69) is 57.0 Å². The molecule has 7 nitrogen and oxygen atoms in total. The summed E-state index contributed by atoms with van der Waals surface area (Å²) in [5, 5.41) is 4.14. The topological polar surface area (TPSA) is 83.8 Å². The number of carbonyl (C=O) groups is 1. The number of anilines is 1. The van der Waals surface area contributed by atoms with E-state index in [-0.39, 0.29) is 4.90 Å². The van der Waals surface area contributed by atoms with Crippen LogP contribution in [-0.4, -0.2) is 31.7 Å². The number of rotatable bonds is 8. The SMILES string of the molecule is Cc1cccc(C)c1-n1c(C)cc(/C=N\NC(=O)CN(c2ccc(Br)cc2)S(=O)(=O)c2ccccc2)c1C. The Morgan fingerprint density at radius 1 is 0.947 bits per heavy atom. The number of nitrogens with one attached hydrogen (secondary N) is 1. The van der Waals surface area contributed by atoms with Gasteiger partial charge in [0.2, 0.25) is 0 Å². The summed E-state index contributed by atoms with van der Waals surface area (Å²) in [5.41, 5.74) is 9.20. The van der Waals surface area contributed by atoms with Crippen molar-refractivity contribution in [3.8, 4) is 5.69 Å². The first-order valence-corrected chi connectivity index (χ1v) is 14.2. The average Bonchev–Trinajstić information content (AvgIpc) is 3.16. The van der Waals surface area contributed by atoms with Gasteiger partial charge in [-0.25, -0.2) is 13.8 Å². The van der Waals surface area contributed by atoms with Gasteiger partial charge in [0.15, 0.2) is 0 Å². The van der Waals surface area contributed by atoms with Crippen molar-refractivity contribution in [2.75, 3.05) is 10.8 Å². The smallest absolute Gasteiger partial charge is 0.264 e. The molecule has 196 valence electrons. The van der Waals surface area contributed by atoms with E-state index < -0.39 is 22.5 Å². The van der Waals surface area contributed by atoms with Gasteiger partial charge in [-0.05, 0) is 81.3 Å². The van der Waals surface area contributed by atoms with Crippen LogP contribution in [-0.2, 0) is 14.8 Å². The van der Waals surface area contributed by atoms with E-state index in [4.69, 9.17) is 0 Å². The maximum Gasteiger partial charge on any atom is 0.264 e. The van der Waals surface area contributed by atoms with Gasteiger partial charge in [0.1, 0.15) is 6.54 Å². The van der Waals surface area contributed by atoms with Crippen LogP contribution in [0.2, 0.25) is 0 Å². The number of sulfonamides is 1. The molecule has 0 atom stereocenters. The number of aromatic nitrogens is 1. The molecule has 4 aromatic rings. The van der Waals surface area contributed by atoms with Crippen molar-refractivity contribution in [3.63, 3.8) is 0 Å². The molecule has 0 bridgehead atoms. The Balaban J connectivity index is 1.56. The summed E-state index contributed by atoms with van der Waals surface area (Å²) >= 11 is 3.36. The second kappa shape index (κ2) is 11.4. The Morgan fingerprint density at radius 3 is 2.21 bits per heavy atom. The third kappa shape index (κ3) is 5.74. The Bertz CT molecular complexity index is 1570. The molecule has 0 fully saturated rings. The normalized spacial score (nSPS) is 11.6. The number of amides is 1. The van der Waals surface area contributed by atoms with Crippen LogP contribution >= 0.6 is 15.9 Å². The first kappa shape index (κ1) is 27.3. The molecule has 3 aromatic carbocycles. The van der Waals surface area contributed by atoms with Crippen molar-refractivity contribution in [1.82, 2.24) is 9.99 Å². The van der Waals surface area contributed by atoms with Crippen molar-refractivity contribution in [3.05, 3.63) is 111 Å². The van der Waals surface area contributed by atoms with Crippen LogP contribution in [0.25, 0.3) is 5.69 Å². The van der Waals surface area contributed by atoms with E-state index in [9.17, 15) is 13.2 Å². The number of nitrogens with zero attached hydrogens (tertiary/aromatic N) is 3. The van der Waals surface area contributed by atoms with Crippen LogP contribution in [0.5, 0.6) is 0 Å². The number of para-hydroxylation sites is 1. The highest BCUT2D eigenvalue weighted by Crippen LogP contribution is 2.26. The standard InChI is InChI=1S/C29H29BrN4O3S/c1-20-9-8-10-21(2)29(20)34-22(3)17-24(23(34)4)18-31-32-28(35)19-33(26-15-13-25(30)14-16-26)38(36,37)27-11-6-5-7-12-27/h5-18H,19H2,1-4H3,(H,32,35)/b31-18-. The number of carbonyl (C=O) groups excluding carboxylic acids is 1. The van der Waals surface area contributed by atoms with E-state index >= 15 is 0 Å². The van der Waals surface area contributed by atoms with Gasteiger partial charge in [-0.1, -0.05) is 52.3 Å². The highest BCUT2D eigenvalue weighted by molar-refractivity contribution is 9.10. The van der Waals surface area contributed by atoms with Gasteiger partial charge in [0, 0.05) is 21.4 Å². The predicted octanol–water partition coefficient (Wildman–Crippen LogP) is 5.82. The maximum atomic E-state index is 13.4. The number of benzene rings is 3. The lowest BCUT2D eigenvalue weighted by Crippen LogP contribution is -2.39. The number of halogens is 1. The maximum absolute atomic E-state index is 13.4. The molecule has 9 heteroatoms. The van der Waals surface area contributed by atoms with Gasteiger partial charge < -0.3 is 4.57 Å². The number of hydrogen-bond donors (Lipinski definition) is 1. The molecule has 0 saturated heterocycles. The minimum Gasteiger partial charge on any atom is -0.317 e. The van der Waals surface area contributed by atoms with Gasteiger partial charge in [-0.3, -0.25) is 9.10 Å². The molecule has 0 saturated carbocycles. The fraction of sp³-hybridized carbons (Fsp3) is 0.172. The highest BCUT2D eigenvalue weighted by atomic mass is 79.9. The predicted molar refractivity (Wildman–Crippen MR) is 156 cm³/mol. The van der Waals surface area contributed by atoms with Crippen LogP contribution in [0.3, 0.4) is 0 Å². The lowest BCUT2D eigenvalue weighted by molar-refractivity contribution is -0.119. The van der Waals surface area contributed by atoms with E-state index in [1.165, 1.54) is 12.1 Å². The summed E-state index contributed by atoms with van der Waals surface area (Å²) in [6.45, 7) is 7.76. The molecular weight excluding hydrogens is 564 g/mol. The fourth-order valence-corrected chi connectivity index (χ4v) is 6.11. The van der Waals surface area contributed by atoms with E-state index in [0.29, 0.717) is 5.69 Å². The molecule has 0 aliphatic heterocycles. The zero-order valence-corrected chi connectivity index (χ0v) is 24.0. The number of hydrogen-bond acceptors (Lipinski definition) is 4. The van der Waals surface area contributed by atoms with Crippen LogP contribution in [0.15, 0.2) is 93.3 Å². The Labute approximate surface area is 232 Å². The van der Waals surface area contributed by atoms with Crippen LogP contribution < -0.4 is 9.73 Å². The summed E-state index contributed by atoms with van der Waals surface area (Å²) < 4.78 is 30.9. The Morgan fingerprint density at radius 2 is 1.58 bits per heavy atom. The molecule has 0 radical (unpaired) electrons. The molecule has 4 rings (SSSR count). The summed E-state index contributed by atoms with van der Waals surface area (Å²) in [4.78, 5) is 13.0. The van der Waals surface area contributed by atoms with Crippen LogP contribution in [0.4, 0.5) is 5.69 Å². The van der Waals surface area contributed by atoms with Crippen molar-refractivity contribution < 1.29 is 13.2 Å². The third-order valence-electron chi connectivity index (χ3n) is 6.26. The zero-order valence-electron chi connectivity index (χ0n) is 21.6. The van der Waals surface area contributed by atoms with Gasteiger partial charge in [0.25, 0.3) is 15.9 Å². The quantitative estimate of drug-likeness (QED) is 0.207. The third-order valence-corrected chi connectivity index (χ3v) is 8.58. The second-order valence-electron chi connectivity index (χ2n) is 9.00. The first-order valence-electron chi connectivity index (χ1n) is 12.0. The fourth-order valence-electron chi connectivity index (χ4n) is 4.40. The van der Waals surface area contributed by atoms with Gasteiger partial charge in [-0.2, -0.15) is 5.10 Å². The van der Waals surface area contributed by atoms with E-state index in [0.717, 1.165) is 42.5 Å². The molecule has 1 aromatic heterocycles. The van der Waals surface area contributed by atoms with Gasteiger partial charge >= 0.3 is 0 Å². The van der Waals surface area contributed by atoms with Crippen LogP contribution in [0, 0.1) is 27.7 Å². The molecule has 38 heavy (non-hydrogen) atoms. The summed E-state index contributed by atoms with van der Waals surface area (Å²) in [5.74, 6) is -0.563. The monoisotopic (exact) mass is 592 g/mol.